The summed E-state index contributed by atoms with van der Waals surface area (Å²) < 4.78 is 32.8. The van der Waals surface area contributed by atoms with Crippen molar-refractivity contribution >= 4 is 10.2 Å². The van der Waals surface area contributed by atoms with Crippen LogP contribution < -0.4 is 0 Å². The zero-order chi connectivity index (χ0) is 19.6. The Kier molecular flexibility index (Phi) is 5.92. The second kappa shape index (κ2) is 8.04. The molecule has 0 saturated carbocycles. The van der Waals surface area contributed by atoms with Gasteiger partial charge in [-0.05, 0) is 51.5 Å². The van der Waals surface area contributed by atoms with Crippen molar-refractivity contribution in [3.8, 4) is 11.3 Å². The Balaban J connectivity index is 1.71. The molecule has 0 amide bonds. The van der Waals surface area contributed by atoms with Gasteiger partial charge < -0.3 is 4.52 Å². The molecule has 0 bridgehead atoms. The first-order valence-corrected chi connectivity index (χ1v) is 10.6. The lowest BCUT2D eigenvalue weighted by atomic mass is 9.94. The Bertz CT molecular complexity index is 875. The summed E-state index contributed by atoms with van der Waals surface area (Å²) in [6, 6.07) is 1.99. The standard InChI is InChI=1S/C18H27N5O3S/c1-13-18(14(2)26-21-13)17-11-16(19-12-20-17)10-15-6-5-8-23(9-7-15)27(24,25)22(3)4/h11-12,15H,5-10H2,1-4H3/t15-/m0/s1. The van der Waals surface area contributed by atoms with E-state index in [9.17, 15) is 8.42 Å². The topological polar surface area (TPSA) is 92.4 Å². The predicted molar refractivity (Wildman–Crippen MR) is 102 cm³/mol. The third kappa shape index (κ3) is 4.36. The molecule has 2 aromatic rings. The largest absolute Gasteiger partial charge is 0.361 e. The molecule has 1 aliphatic heterocycles. The third-order valence-corrected chi connectivity index (χ3v) is 7.05. The van der Waals surface area contributed by atoms with Gasteiger partial charge in [-0.3, -0.25) is 0 Å². The molecule has 27 heavy (non-hydrogen) atoms. The van der Waals surface area contributed by atoms with Crippen molar-refractivity contribution in [2.24, 2.45) is 5.92 Å². The fourth-order valence-corrected chi connectivity index (χ4v) is 4.75. The molecule has 3 rings (SSSR count). The van der Waals surface area contributed by atoms with Crippen LogP contribution in [0.5, 0.6) is 0 Å². The van der Waals surface area contributed by atoms with E-state index in [1.165, 1.54) is 4.31 Å². The molecule has 1 fully saturated rings. The van der Waals surface area contributed by atoms with Crippen molar-refractivity contribution in [1.29, 1.82) is 0 Å². The minimum absolute atomic E-state index is 0.403. The van der Waals surface area contributed by atoms with Crippen LogP contribution in [0.25, 0.3) is 11.3 Å². The smallest absolute Gasteiger partial charge is 0.281 e. The molecule has 1 saturated heterocycles. The summed E-state index contributed by atoms with van der Waals surface area (Å²) in [6.07, 6.45) is 5.08. The van der Waals surface area contributed by atoms with Gasteiger partial charge in [0.1, 0.15) is 12.1 Å². The molecule has 0 radical (unpaired) electrons. The Morgan fingerprint density at radius 3 is 2.67 bits per heavy atom. The van der Waals surface area contributed by atoms with Gasteiger partial charge in [-0.25, -0.2) is 9.97 Å². The van der Waals surface area contributed by atoms with Gasteiger partial charge in [0.25, 0.3) is 10.2 Å². The highest BCUT2D eigenvalue weighted by Crippen LogP contribution is 2.27. The molecule has 3 heterocycles. The summed E-state index contributed by atoms with van der Waals surface area (Å²) in [5, 5.41) is 3.99. The molecule has 148 valence electrons. The predicted octanol–water partition coefficient (Wildman–Crippen LogP) is 2.20. The summed E-state index contributed by atoms with van der Waals surface area (Å²) in [5.41, 5.74) is 3.52. The Morgan fingerprint density at radius 2 is 2.00 bits per heavy atom. The lowest BCUT2D eigenvalue weighted by Gasteiger charge is -2.23. The molecule has 0 spiro atoms. The SMILES string of the molecule is Cc1noc(C)c1-c1cc(C[C@H]2CCCN(S(=O)(=O)N(C)C)CC2)ncn1. The molecular formula is C18H27N5O3S. The van der Waals surface area contributed by atoms with Crippen molar-refractivity contribution in [3.05, 3.63) is 29.5 Å². The Labute approximate surface area is 160 Å². The molecule has 0 aromatic carbocycles. The van der Waals surface area contributed by atoms with E-state index >= 15 is 0 Å². The summed E-state index contributed by atoms with van der Waals surface area (Å²) in [5.74, 6) is 1.15. The van der Waals surface area contributed by atoms with Crippen molar-refractivity contribution in [1.82, 2.24) is 23.7 Å². The molecule has 9 heteroatoms. The Hall–Kier alpha value is -1.84. The summed E-state index contributed by atoms with van der Waals surface area (Å²) >= 11 is 0. The van der Waals surface area contributed by atoms with Crippen molar-refractivity contribution in [2.45, 2.75) is 39.5 Å². The minimum atomic E-state index is -3.34. The van der Waals surface area contributed by atoms with Gasteiger partial charge in [0, 0.05) is 32.9 Å². The first kappa shape index (κ1) is 19.9. The number of hydrogen-bond acceptors (Lipinski definition) is 6. The van der Waals surface area contributed by atoms with Gasteiger partial charge in [-0.2, -0.15) is 17.0 Å². The van der Waals surface area contributed by atoms with Crippen LogP contribution in [0, 0.1) is 19.8 Å². The van der Waals surface area contributed by atoms with E-state index in [0.717, 1.165) is 54.1 Å². The molecule has 2 aromatic heterocycles. The molecule has 0 unspecified atom stereocenters. The second-order valence-electron chi connectivity index (χ2n) is 7.28. The highest BCUT2D eigenvalue weighted by Gasteiger charge is 2.28. The molecular weight excluding hydrogens is 366 g/mol. The average Bonchev–Trinajstić information content (AvgIpc) is 2.81. The van der Waals surface area contributed by atoms with Gasteiger partial charge in [-0.15, -0.1) is 0 Å². The van der Waals surface area contributed by atoms with Crippen LogP contribution in [0.4, 0.5) is 0 Å². The van der Waals surface area contributed by atoms with Crippen LogP contribution in [0.1, 0.15) is 36.4 Å². The maximum Gasteiger partial charge on any atom is 0.281 e. The number of hydrogen-bond donors (Lipinski definition) is 0. The summed E-state index contributed by atoms with van der Waals surface area (Å²) in [7, 11) is -0.185. The van der Waals surface area contributed by atoms with E-state index in [1.807, 2.05) is 19.9 Å². The van der Waals surface area contributed by atoms with Gasteiger partial charge >= 0.3 is 0 Å². The van der Waals surface area contributed by atoms with E-state index in [0.29, 0.717) is 19.0 Å². The average molecular weight is 394 g/mol. The van der Waals surface area contributed by atoms with Gasteiger partial charge in [0.2, 0.25) is 0 Å². The first-order valence-electron chi connectivity index (χ1n) is 9.20. The maximum absolute atomic E-state index is 12.4. The fraction of sp³-hybridized carbons (Fsp3) is 0.611. The lowest BCUT2D eigenvalue weighted by molar-refractivity contribution is 0.376. The minimum Gasteiger partial charge on any atom is -0.361 e. The van der Waals surface area contributed by atoms with Crippen molar-refractivity contribution < 1.29 is 12.9 Å². The highest BCUT2D eigenvalue weighted by atomic mass is 32.2. The van der Waals surface area contributed by atoms with E-state index in [4.69, 9.17) is 4.52 Å². The first-order chi connectivity index (χ1) is 12.8. The van der Waals surface area contributed by atoms with E-state index < -0.39 is 10.2 Å². The summed E-state index contributed by atoms with van der Waals surface area (Å²) in [4.78, 5) is 8.80. The van der Waals surface area contributed by atoms with E-state index in [2.05, 4.69) is 15.1 Å². The van der Waals surface area contributed by atoms with Crippen LogP contribution in [-0.4, -0.2) is 59.3 Å². The summed E-state index contributed by atoms with van der Waals surface area (Å²) in [6.45, 7) is 4.90. The van der Waals surface area contributed by atoms with Crippen LogP contribution >= 0.6 is 0 Å². The maximum atomic E-state index is 12.4. The third-order valence-electron chi connectivity index (χ3n) is 5.11. The highest BCUT2D eigenvalue weighted by molar-refractivity contribution is 7.86. The quantitative estimate of drug-likeness (QED) is 0.773. The van der Waals surface area contributed by atoms with Crippen LogP contribution in [0.15, 0.2) is 16.9 Å². The monoisotopic (exact) mass is 393 g/mol. The Morgan fingerprint density at radius 1 is 1.22 bits per heavy atom. The zero-order valence-corrected chi connectivity index (χ0v) is 17.2. The molecule has 0 N–H and O–H groups in total. The van der Waals surface area contributed by atoms with Crippen LogP contribution in [0.3, 0.4) is 0 Å². The van der Waals surface area contributed by atoms with Gasteiger partial charge in [0.15, 0.2) is 0 Å². The zero-order valence-electron chi connectivity index (χ0n) is 16.3. The normalized spacial score (nSPS) is 19.4. The lowest BCUT2D eigenvalue weighted by Crippen LogP contribution is -2.40. The van der Waals surface area contributed by atoms with E-state index in [1.54, 1.807) is 24.7 Å². The second-order valence-corrected chi connectivity index (χ2v) is 9.43. The number of nitrogens with zero attached hydrogens (tertiary/aromatic N) is 5. The van der Waals surface area contributed by atoms with Gasteiger partial charge in [0.05, 0.1) is 17.0 Å². The van der Waals surface area contributed by atoms with Crippen molar-refractivity contribution in [2.75, 3.05) is 27.2 Å². The van der Waals surface area contributed by atoms with Crippen LogP contribution in [0.2, 0.25) is 0 Å². The fourth-order valence-electron chi connectivity index (χ4n) is 3.60. The number of aryl methyl sites for hydroxylation is 2. The molecule has 8 nitrogen and oxygen atoms in total. The van der Waals surface area contributed by atoms with Gasteiger partial charge in [-0.1, -0.05) is 5.16 Å². The van der Waals surface area contributed by atoms with Crippen molar-refractivity contribution in [3.63, 3.8) is 0 Å². The van der Waals surface area contributed by atoms with Crippen LogP contribution in [-0.2, 0) is 16.6 Å². The number of rotatable bonds is 5. The molecule has 0 aliphatic carbocycles. The number of aromatic nitrogens is 3. The van der Waals surface area contributed by atoms with E-state index in [-0.39, 0.29) is 0 Å². The molecule has 1 aliphatic rings. The molecule has 1 atom stereocenters.